The summed E-state index contributed by atoms with van der Waals surface area (Å²) in [5.74, 6) is -0.395. The summed E-state index contributed by atoms with van der Waals surface area (Å²) in [5, 5.41) is 13.9. The standard InChI is InChI=1S/C22H27N7O4S/c1-3-28(4-2)34(31,32)19-9-10-21(27-11-13-33-14-12-27)20(15-19)22(30)24-17-5-7-18(8-6-17)29-16-23-25-26-29/h5-10,15-16H,3-4,11-14H2,1-2H3,(H,24,30). The number of benzene rings is 2. The van der Waals surface area contributed by atoms with Crippen LogP contribution in [-0.4, -0.2) is 78.2 Å². The first-order chi connectivity index (χ1) is 16.4. The average Bonchev–Trinajstić information content (AvgIpc) is 3.40. The average molecular weight is 486 g/mol. The molecule has 0 spiro atoms. The van der Waals surface area contributed by atoms with E-state index in [0.717, 1.165) is 5.69 Å². The lowest BCUT2D eigenvalue weighted by Crippen LogP contribution is -2.37. The van der Waals surface area contributed by atoms with E-state index in [1.54, 1.807) is 50.2 Å². The number of rotatable bonds is 8. The van der Waals surface area contributed by atoms with Gasteiger partial charge < -0.3 is 15.0 Å². The van der Waals surface area contributed by atoms with E-state index in [-0.39, 0.29) is 4.90 Å². The Labute approximate surface area is 198 Å². The minimum absolute atomic E-state index is 0.0902. The second-order valence-electron chi connectivity index (χ2n) is 7.62. The Morgan fingerprint density at radius 2 is 1.79 bits per heavy atom. The van der Waals surface area contributed by atoms with Gasteiger partial charge >= 0.3 is 0 Å². The number of hydrogen-bond donors (Lipinski definition) is 1. The van der Waals surface area contributed by atoms with Crippen molar-refractivity contribution in [1.82, 2.24) is 24.5 Å². The van der Waals surface area contributed by atoms with Crippen LogP contribution in [0.3, 0.4) is 0 Å². The molecular weight excluding hydrogens is 458 g/mol. The summed E-state index contributed by atoms with van der Waals surface area (Å²) >= 11 is 0. The van der Waals surface area contributed by atoms with Crippen molar-refractivity contribution in [2.75, 3.05) is 49.6 Å². The van der Waals surface area contributed by atoms with Crippen molar-refractivity contribution in [2.45, 2.75) is 18.7 Å². The molecule has 4 rings (SSSR count). The van der Waals surface area contributed by atoms with Crippen LogP contribution in [0, 0.1) is 0 Å². The van der Waals surface area contributed by atoms with E-state index in [1.807, 2.05) is 4.90 Å². The molecule has 1 aliphatic heterocycles. The molecule has 180 valence electrons. The number of hydrogen-bond acceptors (Lipinski definition) is 8. The lowest BCUT2D eigenvalue weighted by Gasteiger charge is -2.30. The van der Waals surface area contributed by atoms with Gasteiger partial charge in [-0.05, 0) is 52.9 Å². The summed E-state index contributed by atoms with van der Waals surface area (Å²) < 4.78 is 34.5. The van der Waals surface area contributed by atoms with Crippen LogP contribution in [0.1, 0.15) is 24.2 Å². The first-order valence-electron chi connectivity index (χ1n) is 11.1. The Bertz CT molecular complexity index is 1220. The molecule has 1 aliphatic rings. The van der Waals surface area contributed by atoms with Gasteiger partial charge in [-0.2, -0.15) is 4.31 Å². The third-order valence-corrected chi connectivity index (χ3v) is 7.69. The van der Waals surface area contributed by atoms with Gasteiger partial charge in [-0.3, -0.25) is 4.79 Å². The van der Waals surface area contributed by atoms with Gasteiger partial charge in [0.2, 0.25) is 10.0 Å². The van der Waals surface area contributed by atoms with E-state index in [4.69, 9.17) is 4.74 Å². The highest BCUT2D eigenvalue weighted by Gasteiger charge is 2.26. The molecule has 1 N–H and O–H groups in total. The number of nitrogens with zero attached hydrogens (tertiary/aromatic N) is 6. The molecule has 0 saturated carbocycles. The number of carbonyl (C=O) groups excluding carboxylic acids is 1. The van der Waals surface area contributed by atoms with Gasteiger partial charge in [0.25, 0.3) is 5.91 Å². The molecule has 12 heteroatoms. The molecule has 1 amide bonds. The third-order valence-electron chi connectivity index (χ3n) is 5.65. The van der Waals surface area contributed by atoms with Gasteiger partial charge in [0.15, 0.2) is 0 Å². The van der Waals surface area contributed by atoms with E-state index >= 15 is 0 Å². The molecule has 1 aromatic heterocycles. The van der Waals surface area contributed by atoms with Gasteiger partial charge in [-0.1, -0.05) is 13.8 Å². The maximum atomic E-state index is 13.4. The number of tetrazole rings is 1. The van der Waals surface area contributed by atoms with Crippen LogP contribution >= 0.6 is 0 Å². The number of amides is 1. The Morgan fingerprint density at radius 1 is 1.09 bits per heavy atom. The minimum Gasteiger partial charge on any atom is -0.378 e. The summed E-state index contributed by atoms with van der Waals surface area (Å²) in [6.45, 7) is 6.58. The number of ether oxygens (including phenoxy) is 1. The number of sulfonamides is 1. The van der Waals surface area contributed by atoms with E-state index in [1.165, 1.54) is 21.4 Å². The molecule has 0 atom stereocenters. The zero-order valence-corrected chi connectivity index (χ0v) is 19.9. The first-order valence-corrected chi connectivity index (χ1v) is 12.5. The summed E-state index contributed by atoms with van der Waals surface area (Å²) in [6, 6.07) is 11.8. The molecule has 0 radical (unpaired) electrons. The SMILES string of the molecule is CCN(CC)S(=O)(=O)c1ccc(N2CCOCC2)c(C(=O)Nc2ccc(-n3cnnn3)cc2)c1. The van der Waals surface area contributed by atoms with Gasteiger partial charge in [-0.15, -0.1) is 5.10 Å². The highest BCUT2D eigenvalue weighted by atomic mass is 32.2. The topological polar surface area (TPSA) is 123 Å². The lowest BCUT2D eigenvalue weighted by molar-refractivity contribution is 0.102. The van der Waals surface area contributed by atoms with Crippen molar-refractivity contribution in [3.05, 3.63) is 54.4 Å². The number of carbonyl (C=O) groups is 1. The predicted molar refractivity (Wildman–Crippen MR) is 127 cm³/mol. The summed E-state index contributed by atoms with van der Waals surface area (Å²) in [7, 11) is -3.72. The van der Waals surface area contributed by atoms with E-state index in [2.05, 4.69) is 20.8 Å². The normalized spacial score (nSPS) is 14.4. The van der Waals surface area contributed by atoms with Gasteiger partial charge in [-0.25, -0.2) is 13.1 Å². The molecule has 1 saturated heterocycles. The van der Waals surface area contributed by atoms with Crippen LogP contribution in [0.2, 0.25) is 0 Å². The first kappa shape index (κ1) is 23.8. The van der Waals surface area contributed by atoms with Crippen LogP contribution in [0.5, 0.6) is 0 Å². The highest BCUT2D eigenvalue weighted by molar-refractivity contribution is 7.89. The highest BCUT2D eigenvalue weighted by Crippen LogP contribution is 2.28. The molecule has 34 heavy (non-hydrogen) atoms. The lowest BCUT2D eigenvalue weighted by atomic mass is 10.1. The van der Waals surface area contributed by atoms with Crippen LogP contribution in [-0.2, 0) is 14.8 Å². The van der Waals surface area contributed by atoms with E-state index in [9.17, 15) is 13.2 Å². The Hall–Kier alpha value is -3.35. The fourth-order valence-electron chi connectivity index (χ4n) is 3.83. The van der Waals surface area contributed by atoms with E-state index < -0.39 is 15.9 Å². The largest absolute Gasteiger partial charge is 0.378 e. The van der Waals surface area contributed by atoms with Crippen LogP contribution < -0.4 is 10.2 Å². The van der Waals surface area contributed by atoms with Crippen LogP contribution in [0.4, 0.5) is 11.4 Å². The molecule has 0 bridgehead atoms. The van der Waals surface area contributed by atoms with Gasteiger partial charge in [0.1, 0.15) is 6.33 Å². The van der Waals surface area contributed by atoms with Gasteiger partial charge in [0, 0.05) is 37.6 Å². The second kappa shape index (κ2) is 10.3. The third kappa shape index (κ3) is 4.93. The fraction of sp³-hybridized carbons (Fsp3) is 0.364. The molecule has 0 aliphatic carbocycles. The summed E-state index contributed by atoms with van der Waals surface area (Å²) in [5.41, 5.74) is 2.26. The number of morpholine rings is 1. The minimum atomic E-state index is -3.72. The molecule has 0 unspecified atom stereocenters. The maximum Gasteiger partial charge on any atom is 0.257 e. The van der Waals surface area contributed by atoms with Crippen molar-refractivity contribution in [3.8, 4) is 5.69 Å². The Balaban J connectivity index is 1.66. The van der Waals surface area contributed by atoms with Crippen LogP contribution in [0.25, 0.3) is 5.69 Å². The van der Waals surface area contributed by atoms with Crippen molar-refractivity contribution in [3.63, 3.8) is 0 Å². The molecule has 1 fully saturated rings. The van der Waals surface area contributed by atoms with Crippen molar-refractivity contribution in [2.24, 2.45) is 0 Å². The molecule has 2 heterocycles. The Kier molecular flexibility index (Phi) is 7.20. The quantitative estimate of drug-likeness (QED) is 0.512. The monoisotopic (exact) mass is 485 g/mol. The number of anilines is 2. The Morgan fingerprint density at radius 3 is 2.41 bits per heavy atom. The van der Waals surface area contributed by atoms with Gasteiger partial charge in [0.05, 0.1) is 29.4 Å². The number of aromatic nitrogens is 4. The smallest absolute Gasteiger partial charge is 0.257 e. The summed E-state index contributed by atoms with van der Waals surface area (Å²) in [6.07, 6.45) is 1.48. The van der Waals surface area contributed by atoms with Crippen LogP contribution in [0.15, 0.2) is 53.7 Å². The van der Waals surface area contributed by atoms with Crippen molar-refractivity contribution >= 4 is 27.3 Å². The zero-order valence-electron chi connectivity index (χ0n) is 19.1. The molecule has 11 nitrogen and oxygen atoms in total. The number of nitrogens with one attached hydrogen (secondary N) is 1. The molecule has 2 aromatic carbocycles. The van der Waals surface area contributed by atoms with E-state index in [0.29, 0.717) is 56.3 Å². The zero-order chi connectivity index (χ0) is 24.1. The van der Waals surface area contributed by atoms with Crippen molar-refractivity contribution < 1.29 is 17.9 Å². The molecule has 3 aromatic rings. The fourth-order valence-corrected chi connectivity index (χ4v) is 5.31. The second-order valence-corrected chi connectivity index (χ2v) is 9.56. The predicted octanol–water partition coefficient (Wildman–Crippen LogP) is 1.78. The molecular formula is C22H27N7O4S. The van der Waals surface area contributed by atoms with Crippen molar-refractivity contribution in [1.29, 1.82) is 0 Å². The summed E-state index contributed by atoms with van der Waals surface area (Å²) in [4.78, 5) is 15.5. The maximum absolute atomic E-state index is 13.4.